The average Bonchev–Trinajstić information content (AvgIpc) is 2.75. The van der Waals surface area contributed by atoms with Gasteiger partial charge >= 0.3 is 0 Å². The molecule has 2 amide bonds. The Hall–Kier alpha value is -1.78. The largest absolute Gasteiger partial charge is 0.467 e. The lowest BCUT2D eigenvalue weighted by Gasteiger charge is -2.07. The molecule has 0 aliphatic heterocycles. The van der Waals surface area contributed by atoms with Gasteiger partial charge in [0.25, 0.3) is 0 Å². The van der Waals surface area contributed by atoms with Crippen LogP contribution in [0.15, 0.2) is 22.8 Å². The molecule has 5 heteroatoms. The molecule has 0 spiro atoms. The molecule has 88 valence electrons. The van der Waals surface area contributed by atoms with Crippen LogP contribution >= 0.6 is 0 Å². The van der Waals surface area contributed by atoms with E-state index in [4.69, 9.17) is 4.42 Å². The number of furan rings is 1. The third-order valence-electron chi connectivity index (χ3n) is 1.99. The van der Waals surface area contributed by atoms with Crippen LogP contribution in [0.1, 0.15) is 19.6 Å². The van der Waals surface area contributed by atoms with Crippen LogP contribution < -0.4 is 10.6 Å². The van der Waals surface area contributed by atoms with Gasteiger partial charge in [0.2, 0.25) is 11.8 Å². The van der Waals surface area contributed by atoms with Gasteiger partial charge in [0.05, 0.1) is 19.4 Å². The highest BCUT2D eigenvalue weighted by Gasteiger charge is 2.08. The summed E-state index contributed by atoms with van der Waals surface area (Å²) in [6, 6.07) is 3.52. The van der Waals surface area contributed by atoms with Crippen molar-refractivity contribution in [1.29, 1.82) is 0 Å². The summed E-state index contributed by atoms with van der Waals surface area (Å²) in [4.78, 5) is 22.5. The molecule has 5 nitrogen and oxygen atoms in total. The summed E-state index contributed by atoms with van der Waals surface area (Å²) in [6.07, 6.45) is 1.54. The lowest BCUT2D eigenvalue weighted by molar-refractivity contribution is -0.127. The second-order valence-corrected chi connectivity index (χ2v) is 3.73. The summed E-state index contributed by atoms with van der Waals surface area (Å²) in [5.41, 5.74) is 0. The molecule has 0 aliphatic carbocycles. The van der Waals surface area contributed by atoms with Crippen molar-refractivity contribution in [2.45, 2.75) is 20.4 Å². The Morgan fingerprint density at radius 2 is 2.12 bits per heavy atom. The summed E-state index contributed by atoms with van der Waals surface area (Å²) in [5, 5.41) is 5.16. The van der Waals surface area contributed by atoms with Crippen LogP contribution in [0.2, 0.25) is 0 Å². The quantitative estimate of drug-likeness (QED) is 0.772. The maximum absolute atomic E-state index is 11.3. The Morgan fingerprint density at radius 1 is 1.38 bits per heavy atom. The van der Waals surface area contributed by atoms with Gasteiger partial charge in [0, 0.05) is 5.92 Å². The average molecular weight is 224 g/mol. The topological polar surface area (TPSA) is 71.3 Å². The fourth-order valence-electron chi connectivity index (χ4n) is 1.03. The minimum atomic E-state index is -0.231. The van der Waals surface area contributed by atoms with E-state index in [0.717, 1.165) is 0 Å². The van der Waals surface area contributed by atoms with Crippen LogP contribution in [0.4, 0.5) is 0 Å². The summed E-state index contributed by atoms with van der Waals surface area (Å²) in [6.45, 7) is 3.88. The zero-order chi connectivity index (χ0) is 12.0. The highest BCUT2D eigenvalue weighted by Crippen LogP contribution is 1.98. The van der Waals surface area contributed by atoms with Gasteiger partial charge in [0.1, 0.15) is 5.76 Å². The molecular weight excluding hydrogens is 208 g/mol. The SMILES string of the molecule is CC(C)C(=O)NCC(=O)NCc1ccco1. The van der Waals surface area contributed by atoms with E-state index in [-0.39, 0.29) is 24.3 Å². The standard InChI is InChI=1S/C11H16N2O3/c1-8(2)11(15)13-7-10(14)12-6-9-4-3-5-16-9/h3-5,8H,6-7H2,1-2H3,(H,12,14)(H,13,15). The smallest absolute Gasteiger partial charge is 0.239 e. The Morgan fingerprint density at radius 3 is 2.69 bits per heavy atom. The monoisotopic (exact) mass is 224 g/mol. The molecule has 0 bridgehead atoms. The molecule has 0 unspecified atom stereocenters. The van der Waals surface area contributed by atoms with Gasteiger partial charge in [-0.2, -0.15) is 0 Å². The number of nitrogens with one attached hydrogen (secondary N) is 2. The third kappa shape index (κ3) is 4.16. The van der Waals surface area contributed by atoms with Gasteiger partial charge in [-0.3, -0.25) is 9.59 Å². The van der Waals surface area contributed by atoms with Crippen LogP contribution in [0.3, 0.4) is 0 Å². The van der Waals surface area contributed by atoms with Crippen molar-refractivity contribution in [3.63, 3.8) is 0 Å². The Balaban J connectivity index is 2.19. The second kappa shape index (κ2) is 5.95. The molecule has 0 aromatic carbocycles. The van der Waals surface area contributed by atoms with E-state index in [2.05, 4.69) is 10.6 Å². The van der Waals surface area contributed by atoms with Gasteiger partial charge in [-0.05, 0) is 12.1 Å². The number of hydrogen-bond acceptors (Lipinski definition) is 3. The van der Waals surface area contributed by atoms with E-state index >= 15 is 0 Å². The molecule has 0 atom stereocenters. The Kier molecular flexibility index (Phi) is 4.57. The Labute approximate surface area is 94.2 Å². The van der Waals surface area contributed by atoms with Crippen LogP contribution in [0.5, 0.6) is 0 Å². The highest BCUT2D eigenvalue weighted by atomic mass is 16.3. The molecule has 1 heterocycles. The normalized spacial score (nSPS) is 10.2. The van der Waals surface area contributed by atoms with Crippen LogP contribution in [0.25, 0.3) is 0 Å². The molecule has 2 N–H and O–H groups in total. The summed E-state index contributed by atoms with van der Waals surface area (Å²) < 4.78 is 5.05. The number of carbonyl (C=O) groups is 2. The third-order valence-corrected chi connectivity index (χ3v) is 1.99. The highest BCUT2D eigenvalue weighted by molar-refractivity contribution is 5.85. The predicted molar refractivity (Wildman–Crippen MR) is 58.4 cm³/mol. The number of rotatable bonds is 5. The van der Waals surface area contributed by atoms with Gasteiger partial charge in [-0.15, -0.1) is 0 Å². The van der Waals surface area contributed by atoms with E-state index in [9.17, 15) is 9.59 Å². The van der Waals surface area contributed by atoms with Gasteiger partial charge in [-0.25, -0.2) is 0 Å². The zero-order valence-corrected chi connectivity index (χ0v) is 9.45. The van der Waals surface area contributed by atoms with Crippen molar-refractivity contribution >= 4 is 11.8 Å². The minimum Gasteiger partial charge on any atom is -0.467 e. The van der Waals surface area contributed by atoms with E-state index < -0.39 is 0 Å². The number of amides is 2. The first kappa shape index (κ1) is 12.3. The van der Waals surface area contributed by atoms with Crippen LogP contribution in [0, 0.1) is 5.92 Å². The number of carbonyl (C=O) groups excluding carboxylic acids is 2. The van der Waals surface area contributed by atoms with Crippen LogP contribution in [-0.4, -0.2) is 18.4 Å². The van der Waals surface area contributed by atoms with Crippen molar-refractivity contribution in [2.24, 2.45) is 5.92 Å². The molecule has 0 saturated heterocycles. The predicted octanol–water partition coefficient (Wildman–Crippen LogP) is 0.668. The van der Waals surface area contributed by atoms with Crippen molar-refractivity contribution in [2.75, 3.05) is 6.54 Å². The van der Waals surface area contributed by atoms with Gasteiger partial charge < -0.3 is 15.1 Å². The van der Waals surface area contributed by atoms with E-state index in [1.54, 1.807) is 32.2 Å². The van der Waals surface area contributed by atoms with Gasteiger partial charge in [-0.1, -0.05) is 13.8 Å². The molecule has 0 saturated carbocycles. The van der Waals surface area contributed by atoms with Gasteiger partial charge in [0.15, 0.2) is 0 Å². The molecule has 1 aromatic rings. The first-order chi connectivity index (χ1) is 7.59. The maximum Gasteiger partial charge on any atom is 0.239 e. The first-order valence-electron chi connectivity index (χ1n) is 5.16. The van der Waals surface area contributed by atoms with E-state index in [0.29, 0.717) is 12.3 Å². The second-order valence-electron chi connectivity index (χ2n) is 3.73. The lowest BCUT2D eigenvalue weighted by atomic mass is 10.2. The molecule has 1 aromatic heterocycles. The fraction of sp³-hybridized carbons (Fsp3) is 0.455. The fourth-order valence-corrected chi connectivity index (χ4v) is 1.03. The molecule has 1 rings (SSSR count). The summed E-state index contributed by atoms with van der Waals surface area (Å²) >= 11 is 0. The molecule has 0 fully saturated rings. The van der Waals surface area contributed by atoms with Crippen LogP contribution in [-0.2, 0) is 16.1 Å². The Bertz CT molecular complexity index is 344. The van der Waals surface area contributed by atoms with Crippen molar-refractivity contribution in [3.8, 4) is 0 Å². The molecular formula is C11H16N2O3. The zero-order valence-electron chi connectivity index (χ0n) is 9.45. The van der Waals surface area contributed by atoms with Crippen molar-refractivity contribution in [3.05, 3.63) is 24.2 Å². The van der Waals surface area contributed by atoms with Crippen molar-refractivity contribution < 1.29 is 14.0 Å². The summed E-state index contributed by atoms with van der Waals surface area (Å²) in [5.74, 6) is 0.208. The van der Waals surface area contributed by atoms with Crippen molar-refractivity contribution in [1.82, 2.24) is 10.6 Å². The maximum atomic E-state index is 11.3. The number of hydrogen-bond donors (Lipinski definition) is 2. The molecule has 16 heavy (non-hydrogen) atoms. The van der Waals surface area contributed by atoms with E-state index in [1.807, 2.05) is 0 Å². The summed E-state index contributed by atoms with van der Waals surface area (Å²) in [7, 11) is 0. The molecule has 0 aliphatic rings. The first-order valence-corrected chi connectivity index (χ1v) is 5.16. The minimum absolute atomic E-state index is 0.00226. The van der Waals surface area contributed by atoms with E-state index in [1.165, 1.54) is 0 Å². The molecule has 0 radical (unpaired) electrons. The lowest BCUT2D eigenvalue weighted by Crippen LogP contribution is -2.38.